The third kappa shape index (κ3) is 13.6. The molecular formula is C97H136N8. The summed E-state index contributed by atoms with van der Waals surface area (Å²) in [5, 5.41) is 0. The largest absolute Gasteiger partial charge is 0.343 e. The summed E-state index contributed by atoms with van der Waals surface area (Å²) in [5.41, 5.74) is 16.7. The predicted molar refractivity (Wildman–Crippen MR) is 452 cm³/mol. The minimum atomic E-state index is -2.22. The third-order valence-corrected chi connectivity index (χ3v) is 25.9. The molecule has 7 atom stereocenters. The van der Waals surface area contributed by atoms with Gasteiger partial charge in [-0.25, -0.2) is 0 Å². The lowest BCUT2D eigenvalue weighted by Gasteiger charge is -2.50. The van der Waals surface area contributed by atoms with E-state index in [4.69, 9.17) is 16.4 Å². The van der Waals surface area contributed by atoms with Crippen LogP contribution in [-0.2, 0) is 5.54 Å². The quantitative estimate of drug-likeness (QED) is 0.136. The second-order valence-electron chi connectivity index (χ2n) is 31.4. The maximum absolute atomic E-state index is 9.34. The van der Waals surface area contributed by atoms with Crippen LogP contribution in [-0.4, -0.2) is 61.8 Å². The standard InChI is InChI=1S/C27H32N2.C25H34N2.C21H28N2.C20H26N2.4CH4/c1-20-12-10-11-17-25(20)28-21(2)26-18-19-27(29(26)22(28)3,23-13-6-4-7-14-23)24-15-8-5-9-16-24;1-18-10-4-9-15-23(18)26-19(2)24-16-17-25(27(24)20(26)3,21-11-5-6-12-21)22-13-7-8-14-22;1-15-9-7-8-12-19(15)22-16(2)20-13-14-21(23(20)17(22)3)18-10-5-4-6-11-18;1-14-8-4-7-11-18(14)21-15(2)19-12-13-20(22(19)16(21)3)17-9-5-6-10-17;;;;/h4,6-7,10-14,17-19,22,24H,5,8-9,15-16H2,1-3H3;4,9-10,15-17,20-22H,5-8,11-14H2,1-3H3;7-9,12-14,17-18,21H,4-6,10-11H2,1-3H3;4,7-8,11-13,16-17,20H,5-6,9-10H2,1-3H3;4*1H4/i2*3D3;3D3,21D;3D3,20D;;;;. The van der Waals surface area contributed by atoms with Crippen LogP contribution in [0.2, 0.25) is 0 Å². The van der Waals surface area contributed by atoms with Gasteiger partial charge in [0.05, 0.1) is 48.6 Å². The zero-order valence-corrected chi connectivity index (χ0v) is 61.6. The molecule has 5 aliphatic carbocycles. The lowest BCUT2D eigenvalue weighted by molar-refractivity contribution is 0.0471. The van der Waals surface area contributed by atoms with Crippen LogP contribution >= 0.6 is 0 Å². The van der Waals surface area contributed by atoms with Crippen LogP contribution in [0.1, 0.15) is 273 Å². The van der Waals surface area contributed by atoms with Crippen molar-refractivity contribution in [2.24, 2.45) is 29.6 Å². The van der Waals surface area contributed by atoms with Crippen LogP contribution in [0.4, 0.5) is 22.7 Å². The summed E-state index contributed by atoms with van der Waals surface area (Å²) >= 11 is 0. The van der Waals surface area contributed by atoms with Gasteiger partial charge in [0.2, 0.25) is 0 Å². The Balaban J connectivity index is 0.000000154. The Labute approximate surface area is 658 Å². The molecule has 0 N–H and O–H groups in total. The number of hydrogen-bond donors (Lipinski definition) is 0. The van der Waals surface area contributed by atoms with Gasteiger partial charge in [-0.05, 0) is 253 Å². The summed E-state index contributed by atoms with van der Waals surface area (Å²) in [7, 11) is 0. The number of aryl methyl sites for hydroxylation is 4. The first kappa shape index (κ1) is 61.4. The molecule has 8 nitrogen and oxygen atoms in total. The average molecular weight is 1430 g/mol. The molecule has 5 aromatic rings. The molecule has 8 aliphatic heterocycles. The minimum absolute atomic E-state index is 0. The number of allylic oxidation sites excluding steroid dienone is 8. The molecule has 8 heteroatoms. The van der Waals surface area contributed by atoms with Gasteiger partial charge >= 0.3 is 0 Å². The van der Waals surface area contributed by atoms with E-state index < -0.39 is 69.6 Å². The van der Waals surface area contributed by atoms with Gasteiger partial charge in [0.15, 0.2) is 0 Å². The van der Waals surface area contributed by atoms with E-state index in [1.54, 1.807) is 0 Å². The molecule has 105 heavy (non-hydrogen) atoms. The fourth-order valence-electron chi connectivity index (χ4n) is 20.9. The number of rotatable bonds is 10. The van der Waals surface area contributed by atoms with Crippen molar-refractivity contribution in [2.75, 3.05) is 19.6 Å². The molecular weight excluding hydrogens is 1280 g/mol. The van der Waals surface area contributed by atoms with E-state index in [1.165, 1.54) is 82.6 Å². The number of fused-ring (bicyclic) bond motifs is 4. The molecule has 5 saturated carbocycles. The smallest absolute Gasteiger partial charge is 0.104 e. The monoisotopic (exact) mass is 1430 g/mol. The maximum Gasteiger partial charge on any atom is 0.104 e. The topological polar surface area (TPSA) is 25.9 Å². The summed E-state index contributed by atoms with van der Waals surface area (Å²) in [6.07, 6.45) is 39.6. The van der Waals surface area contributed by atoms with Crippen molar-refractivity contribution in [2.45, 2.75) is 302 Å². The number of benzene rings is 5. The second kappa shape index (κ2) is 32.9. The van der Waals surface area contributed by atoms with Crippen LogP contribution in [0, 0.1) is 57.3 Å². The number of para-hydroxylation sites is 4. The van der Waals surface area contributed by atoms with E-state index in [0.717, 1.165) is 155 Å². The molecule has 18 rings (SSSR count). The highest BCUT2D eigenvalue weighted by atomic mass is 15.5. The van der Waals surface area contributed by atoms with Gasteiger partial charge in [0.1, 0.15) is 24.7 Å². The normalized spacial score (nSPS) is 30.6. The molecule has 0 radical (unpaired) electrons. The van der Waals surface area contributed by atoms with E-state index in [2.05, 4.69) is 120 Å². The molecule has 5 aromatic carbocycles. The van der Waals surface area contributed by atoms with Gasteiger partial charge < -0.3 is 39.2 Å². The lowest BCUT2D eigenvalue weighted by Crippen LogP contribution is -2.57. The molecule has 0 aromatic heterocycles. The fraction of sp³-hybridized carbons (Fsp3) is 0.526. The van der Waals surface area contributed by atoms with Gasteiger partial charge in [0, 0.05) is 62.0 Å². The van der Waals surface area contributed by atoms with Crippen LogP contribution in [0.3, 0.4) is 0 Å². The van der Waals surface area contributed by atoms with Crippen LogP contribution < -0.4 is 19.6 Å². The lowest BCUT2D eigenvalue weighted by atomic mass is 9.70. The highest BCUT2D eigenvalue weighted by Gasteiger charge is 2.58. The maximum atomic E-state index is 9.34. The van der Waals surface area contributed by atoms with Gasteiger partial charge in [-0.3, -0.25) is 0 Å². The van der Waals surface area contributed by atoms with Gasteiger partial charge in [-0.1, -0.05) is 234 Å². The first-order valence-corrected chi connectivity index (χ1v) is 38.9. The Morgan fingerprint density at radius 1 is 0.324 bits per heavy atom. The number of nitrogens with zero attached hydrogens (tertiary/aromatic N) is 8. The Kier molecular flexibility index (Phi) is 19.2. The number of hydrogen-bond acceptors (Lipinski definition) is 8. The zero-order chi connectivity index (χ0) is 81.7. The Bertz CT molecular complexity index is 4630. The van der Waals surface area contributed by atoms with Crippen molar-refractivity contribution in [3.63, 3.8) is 0 Å². The summed E-state index contributed by atoms with van der Waals surface area (Å²) in [6, 6.07) is 40.8. The van der Waals surface area contributed by atoms with Crippen LogP contribution in [0.25, 0.3) is 0 Å². The summed E-state index contributed by atoms with van der Waals surface area (Å²) < 4.78 is 120. The van der Waals surface area contributed by atoms with E-state index in [-0.39, 0.29) is 47.1 Å². The van der Waals surface area contributed by atoms with E-state index >= 15 is 0 Å². The molecule has 0 spiro atoms. The predicted octanol–water partition coefficient (Wildman–Crippen LogP) is 25.7. The van der Waals surface area contributed by atoms with E-state index in [0.29, 0.717) is 17.8 Å². The molecule has 0 amide bonds. The van der Waals surface area contributed by atoms with Gasteiger partial charge in [0.25, 0.3) is 0 Å². The van der Waals surface area contributed by atoms with Gasteiger partial charge in [-0.15, -0.1) is 0 Å². The highest BCUT2D eigenvalue weighted by Crippen LogP contribution is 2.58. The number of anilines is 4. The molecule has 0 bridgehead atoms. The molecule has 5 fully saturated rings. The van der Waals surface area contributed by atoms with Crippen molar-refractivity contribution < 1.29 is 19.2 Å². The molecule has 7 unspecified atom stereocenters. The zero-order valence-electron chi connectivity index (χ0n) is 75.6. The summed E-state index contributed by atoms with van der Waals surface area (Å²) in [5.74, 6) is 1.87. The molecule has 8 heterocycles. The van der Waals surface area contributed by atoms with Crippen molar-refractivity contribution in [3.05, 3.63) is 249 Å². The Morgan fingerprint density at radius 2 is 0.638 bits per heavy atom. The highest BCUT2D eigenvalue weighted by molar-refractivity contribution is 5.67. The first-order valence-electron chi connectivity index (χ1n) is 45.9. The van der Waals surface area contributed by atoms with Crippen molar-refractivity contribution in [3.8, 4) is 0 Å². The van der Waals surface area contributed by atoms with Crippen LogP contribution in [0.5, 0.6) is 0 Å². The molecule has 0 saturated heterocycles. The first-order chi connectivity index (χ1) is 54.7. The van der Waals surface area contributed by atoms with Crippen LogP contribution in [0.15, 0.2) is 222 Å². The van der Waals surface area contributed by atoms with E-state index in [9.17, 15) is 2.74 Å². The van der Waals surface area contributed by atoms with Crippen molar-refractivity contribution in [1.82, 2.24) is 19.6 Å². The van der Waals surface area contributed by atoms with Gasteiger partial charge in [-0.2, -0.15) is 0 Å². The molecule has 13 aliphatic rings. The van der Waals surface area contributed by atoms with Crippen molar-refractivity contribution in [1.29, 1.82) is 0 Å². The molecule has 564 valence electrons. The summed E-state index contributed by atoms with van der Waals surface area (Å²) in [4.78, 5) is 16.5. The Morgan fingerprint density at radius 3 is 1.04 bits per heavy atom. The second-order valence-corrected chi connectivity index (χ2v) is 31.4. The minimum Gasteiger partial charge on any atom is -0.343 e. The van der Waals surface area contributed by atoms with Crippen molar-refractivity contribution >= 4 is 22.7 Å². The fourth-order valence-corrected chi connectivity index (χ4v) is 20.9. The Hall–Kier alpha value is -7.58. The average Bonchev–Trinajstić information content (AvgIpc) is 1.54. The summed E-state index contributed by atoms with van der Waals surface area (Å²) in [6.45, 7) is 7.61. The van der Waals surface area contributed by atoms with E-state index in [1.807, 2.05) is 150 Å². The SMILES string of the molecule is C.C.C.C.[2H]C([2H])([2H])C1N(c2ccccc2C)C(C)=C2C=CC(C3CCCC3)(C3CCCC3)N21.[2H]C([2H])([2H])C1N(c2ccccc2C)C(C)=C2C=CC([2H])(C3CCCC3)N21.[2H]C([2H])([2H])C1N(c2ccccc2C)C(C)=C2C=CC([2H])(C3CCCCC3)N21.[2H]C([2H])([2H])C1N(c2ccccc2C)C(C)=C2C=CC(c3ccccc3)(C3CCCCC3)N21. The third-order valence-electron chi connectivity index (χ3n) is 25.9.